The molecule has 0 saturated carbocycles. The summed E-state index contributed by atoms with van der Waals surface area (Å²) in [6, 6.07) is 4.84. The Labute approximate surface area is 139 Å². The minimum atomic E-state index is -0.215. The number of guanidine groups is 1. The quantitative estimate of drug-likeness (QED) is 0.622. The van der Waals surface area contributed by atoms with Gasteiger partial charge in [-0.15, -0.1) is 0 Å². The Morgan fingerprint density at radius 3 is 2.74 bits per heavy atom. The maximum atomic E-state index is 13.4. The second-order valence-corrected chi connectivity index (χ2v) is 5.72. The Morgan fingerprint density at radius 2 is 2.09 bits per heavy atom. The van der Waals surface area contributed by atoms with Crippen molar-refractivity contribution in [2.75, 3.05) is 13.3 Å². The Hall–Kier alpha value is -2.09. The highest BCUT2D eigenvalue weighted by molar-refractivity contribution is 7.97. The molecule has 0 atom stereocenters. The second-order valence-electron chi connectivity index (χ2n) is 4.85. The van der Waals surface area contributed by atoms with Gasteiger partial charge in [0, 0.05) is 26.3 Å². The first-order chi connectivity index (χ1) is 11.1. The molecule has 8 heteroatoms. The van der Waals surface area contributed by atoms with E-state index in [1.807, 2.05) is 6.26 Å². The van der Waals surface area contributed by atoms with Crippen LogP contribution in [0.4, 0.5) is 4.39 Å². The Morgan fingerprint density at radius 1 is 1.30 bits per heavy atom. The van der Waals surface area contributed by atoms with Crippen LogP contribution in [0.25, 0.3) is 0 Å². The molecule has 0 aliphatic carbocycles. The summed E-state index contributed by atoms with van der Waals surface area (Å²) in [5, 5.41) is 10.1. The Bertz CT molecular complexity index is 674. The summed E-state index contributed by atoms with van der Waals surface area (Å²) < 4.78 is 18.3. The minimum absolute atomic E-state index is 0.215. The van der Waals surface area contributed by atoms with E-state index in [2.05, 4.69) is 25.8 Å². The fourth-order valence-electron chi connectivity index (χ4n) is 2.03. The number of aromatic nitrogens is 2. The van der Waals surface area contributed by atoms with Crippen LogP contribution in [0.3, 0.4) is 0 Å². The molecule has 0 unspecified atom stereocenters. The summed E-state index contributed by atoms with van der Waals surface area (Å²) in [7, 11) is 1.68. The summed E-state index contributed by atoms with van der Waals surface area (Å²) in [4.78, 5) is 8.26. The smallest absolute Gasteiger partial charge is 0.223 e. The third-order valence-corrected chi connectivity index (χ3v) is 3.72. The van der Waals surface area contributed by atoms with Crippen LogP contribution in [-0.2, 0) is 18.8 Å². The first-order valence-electron chi connectivity index (χ1n) is 7.12. The van der Waals surface area contributed by atoms with Crippen LogP contribution in [0, 0.1) is 12.7 Å². The number of halogens is 1. The molecule has 2 aromatic rings. The zero-order valence-corrected chi connectivity index (χ0v) is 14.2. The number of aryl methyl sites for hydroxylation is 1. The third-order valence-electron chi connectivity index (χ3n) is 3.12. The van der Waals surface area contributed by atoms with E-state index in [-0.39, 0.29) is 5.82 Å². The van der Waals surface area contributed by atoms with E-state index in [0.29, 0.717) is 30.8 Å². The first kappa shape index (κ1) is 17.3. The van der Waals surface area contributed by atoms with E-state index < -0.39 is 0 Å². The fraction of sp³-hybridized carbons (Fsp3) is 0.400. The zero-order valence-electron chi connectivity index (χ0n) is 13.4. The molecule has 1 aromatic heterocycles. The monoisotopic (exact) mass is 337 g/mol. The summed E-state index contributed by atoms with van der Waals surface area (Å²) in [5.74, 6) is 2.26. The maximum Gasteiger partial charge on any atom is 0.223 e. The van der Waals surface area contributed by atoms with E-state index in [1.54, 1.807) is 37.9 Å². The van der Waals surface area contributed by atoms with Gasteiger partial charge in [0.15, 0.2) is 11.8 Å². The molecule has 0 aliphatic heterocycles. The van der Waals surface area contributed by atoms with Crippen LogP contribution in [0.15, 0.2) is 27.7 Å². The van der Waals surface area contributed by atoms with Crippen molar-refractivity contribution in [1.82, 2.24) is 20.8 Å². The molecule has 1 aromatic carbocycles. The second kappa shape index (κ2) is 8.52. The van der Waals surface area contributed by atoms with Gasteiger partial charge in [0.1, 0.15) is 5.82 Å². The molecule has 2 rings (SSSR count). The molecule has 0 spiro atoms. The standard InChI is InChI=1S/C15H20FN5OS/c1-10-20-14(21-22-10)8-19-15(17-2)18-7-11-4-5-13(16)6-12(11)9-23-3/h4-6H,7-9H2,1-3H3,(H2,17,18,19). The van der Waals surface area contributed by atoms with Gasteiger partial charge in [-0.1, -0.05) is 11.2 Å². The number of aliphatic imine (C=N–C) groups is 1. The van der Waals surface area contributed by atoms with Crippen LogP contribution in [0.2, 0.25) is 0 Å². The Kier molecular flexibility index (Phi) is 6.40. The number of benzene rings is 1. The number of hydrogen-bond acceptors (Lipinski definition) is 5. The van der Waals surface area contributed by atoms with Gasteiger partial charge < -0.3 is 15.2 Å². The highest BCUT2D eigenvalue weighted by Crippen LogP contribution is 2.16. The van der Waals surface area contributed by atoms with Gasteiger partial charge in [-0.25, -0.2) is 4.39 Å². The average Bonchev–Trinajstić information content (AvgIpc) is 2.95. The van der Waals surface area contributed by atoms with Crippen molar-refractivity contribution in [1.29, 1.82) is 0 Å². The van der Waals surface area contributed by atoms with Crippen molar-refractivity contribution in [3.05, 3.63) is 46.9 Å². The molecule has 0 fully saturated rings. The van der Waals surface area contributed by atoms with E-state index in [1.165, 1.54) is 6.07 Å². The summed E-state index contributed by atoms with van der Waals surface area (Å²) in [6.07, 6.45) is 2.00. The van der Waals surface area contributed by atoms with E-state index in [4.69, 9.17) is 4.52 Å². The number of nitrogens with zero attached hydrogens (tertiary/aromatic N) is 3. The van der Waals surface area contributed by atoms with Crippen molar-refractivity contribution in [3.8, 4) is 0 Å². The van der Waals surface area contributed by atoms with Gasteiger partial charge in [0.05, 0.1) is 6.54 Å². The summed E-state index contributed by atoms with van der Waals surface area (Å²) in [6.45, 7) is 2.71. The third kappa shape index (κ3) is 5.24. The molecule has 1 heterocycles. The SMILES string of the molecule is CN=C(NCc1noc(C)n1)NCc1ccc(F)cc1CSC. The molecule has 0 radical (unpaired) electrons. The van der Waals surface area contributed by atoms with E-state index in [9.17, 15) is 4.39 Å². The van der Waals surface area contributed by atoms with Gasteiger partial charge in [0.2, 0.25) is 5.89 Å². The number of nitrogens with one attached hydrogen (secondary N) is 2. The normalized spacial score (nSPS) is 11.6. The Balaban J connectivity index is 1.92. The van der Waals surface area contributed by atoms with Crippen LogP contribution < -0.4 is 10.6 Å². The molecule has 2 N–H and O–H groups in total. The lowest BCUT2D eigenvalue weighted by molar-refractivity contribution is 0.387. The van der Waals surface area contributed by atoms with Crippen LogP contribution >= 0.6 is 11.8 Å². The molecule has 124 valence electrons. The number of hydrogen-bond donors (Lipinski definition) is 2. The minimum Gasteiger partial charge on any atom is -0.352 e. The zero-order chi connectivity index (χ0) is 16.7. The lowest BCUT2D eigenvalue weighted by Gasteiger charge is -2.13. The molecule has 0 amide bonds. The van der Waals surface area contributed by atoms with Crippen molar-refractivity contribution in [2.24, 2.45) is 4.99 Å². The largest absolute Gasteiger partial charge is 0.352 e. The molecule has 23 heavy (non-hydrogen) atoms. The van der Waals surface area contributed by atoms with Gasteiger partial charge in [0.25, 0.3) is 0 Å². The lowest BCUT2D eigenvalue weighted by Crippen LogP contribution is -2.36. The number of rotatable bonds is 6. The van der Waals surface area contributed by atoms with Gasteiger partial charge in [-0.05, 0) is 29.5 Å². The van der Waals surface area contributed by atoms with Crippen molar-refractivity contribution >= 4 is 17.7 Å². The van der Waals surface area contributed by atoms with E-state index >= 15 is 0 Å². The molecule has 0 saturated heterocycles. The molecule has 6 nitrogen and oxygen atoms in total. The highest BCUT2D eigenvalue weighted by atomic mass is 32.2. The van der Waals surface area contributed by atoms with Crippen LogP contribution in [0.5, 0.6) is 0 Å². The molecule has 0 aliphatic rings. The van der Waals surface area contributed by atoms with Crippen molar-refractivity contribution < 1.29 is 8.91 Å². The lowest BCUT2D eigenvalue weighted by atomic mass is 10.1. The van der Waals surface area contributed by atoms with Gasteiger partial charge in [-0.3, -0.25) is 4.99 Å². The fourth-order valence-corrected chi connectivity index (χ4v) is 2.61. The van der Waals surface area contributed by atoms with Gasteiger partial charge >= 0.3 is 0 Å². The summed E-state index contributed by atoms with van der Waals surface area (Å²) >= 11 is 1.66. The van der Waals surface area contributed by atoms with Gasteiger partial charge in [-0.2, -0.15) is 16.7 Å². The predicted octanol–water partition coefficient (Wildman–Crippen LogP) is 2.25. The molecular formula is C15H20FN5OS. The van der Waals surface area contributed by atoms with Crippen molar-refractivity contribution in [3.63, 3.8) is 0 Å². The van der Waals surface area contributed by atoms with E-state index in [0.717, 1.165) is 16.9 Å². The topological polar surface area (TPSA) is 75.3 Å². The average molecular weight is 337 g/mol. The summed E-state index contributed by atoms with van der Waals surface area (Å²) in [5.41, 5.74) is 2.02. The van der Waals surface area contributed by atoms with Crippen LogP contribution in [-0.4, -0.2) is 29.4 Å². The molecule has 0 bridgehead atoms. The number of thioether (sulfide) groups is 1. The maximum absolute atomic E-state index is 13.4. The van der Waals surface area contributed by atoms with Crippen LogP contribution in [0.1, 0.15) is 22.8 Å². The highest BCUT2D eigenvalue weighted by Gasteiger charge is 2.07. The predicted molar refractivity (Wildman–Crippen MR) is 89.7 cm³/mol. The van der Waals surface area contributed by atoms with Crippen molar-refractivity contribution in [2.45, 2.75) is 25.8 Å². The molecular weight excluding hydrogens is 317 g/mol. The first-order valence-corrected chi connectivity index (χ1v) is 8.51.